The predicted molar refractivity (Wildman–Crippen MR) is 264 cm³/mol. The zero-order valence-electron chi connectivity index (χ0n) is 35.4. The standard InChI is InChI=1S/C60H45N3/c1-42-40-61-58(38-56(42)49-32-28-46(29-33-49)44-16-6-3-7-17-44)51-22-14-24-53(36-51)63(60-27-13-12-26-55(60)48-20-10-5-11-21-48)54-25-15-23-52(37-54)59-39-57(43(2)41-62-59)50-34-30-47(31-35-50)45-18-8-4-9-19-45/h3-41H,1-2H3. The van der Waals surface area contributed by atoms with Gasteiger partial charge in [0.15, 0.2) is 0 Å². The van der Waals surface area contributed by atoms with Gasteiger partial charge >= 0.3 is 0 Å². The Morgan fingerprint density at radius 3 is 1.10 bits per heavy atom. The fraction of sp³-hybridized carbons (Fsp3) is 0.0333. The summed E-state index contributed by atoms with van der Waals surface area (Å²) in [4.78, 5) is 12.4. The number of aryl methyl sites for hydroxylation is 2. The number of hydrogen-bond donors (Lipinski definition) is 0. The molecule has 0 unspecified atom stereocenters. The van der Waals surface area contributed by atoms with E-state index in [0.717, 1.165) is 61.8 Å². The van der Waals surface area contributed by atoms with Crippen molar-refractivity contribution in [2.24, 2.45) is 0 Å². The first-order valence-corrected chi connectivity index (χ1v) is 21.5. The van der Waals surface area contributed by atoms with Gasteiger partial charge in [-0.1, -0.05) is 182 Å². The second kappa shape index (κ2) is 17.5. The summed E-state index contributed by atoms with van der Waals surface area (Å²) in [6.45, 7) is 4.27. The van der Waals surface area contributed by atoms with Gasteiger partial charge in [-0.15, -0.1) is 0 Å². The quantitative estimate of drug-likeness (QED) is 0.138. The highest BCUT2D eigenvalue weighted by atomic mass is 15.1. The Hall–Kier alpha value is -8.14. The Morgan fingerprint density at radius 1 is 0.286 bits per heavy atom. The Kier molecular flexibility index (Phi) is 10.8. The maximum atomic E-state index is 5.00. The van der Waals surface area contributed by atoms with Gasteiger partial charge in [0.05, 0.1) is 17.1 Å². The van der Waals surface area contributed by atoms with Crippen LogP contribution in [0, 0.1) is 13.8 Å². The van der Waals surface area contributed by atoms with Crippen LogP contribution < -0.4 is 4.90 Å². The van der Waals surface area contributed by atoms with Crippen LogP contribution in [-0.2, 0) is 0 Å². The molecule has 0 fully saturated rings. The molecule has 0 radical (unpaired) electrons. The lowest BCUT2D eigenvalue weighted by atomic mass is 9.96. The summed E-state index contributed by atoms with van der Waals surface area (Å²) in [6, 6.07) is 80.0. The van der Waals surface area contributed by atoms with Crippen molar-refractivity contribution in [1.82, 2.24) is 9.97 Å². The molecule has 0 saturated heterocycles. The number of para-hydroxylation sites is 1. The number of hydrogen-bond acceptors (Lipinski definition) is 3. The molecule has 0 amide bonds. The van der Waals surface area contributed by atoms with E-state index >= 15 is 0 Å². The fourth-order valence-corrected chi connectivity index (χ4v) is 8.50. The zero-order chi connectivity index (χ0) is 42.5. The fourth-order valence-electron chi connectivity index (χ4n) is 8.50. The molecule has 8 aromatic carbocycles. The summed E-state index contributed by atoms with van der Waals surface area (Å²) in [5, 5.41) is 0. The van der Waals surface area contributed by atoms with Crippen molar-refractivity contribution in [2.75, 3.05) is 4.90 Å². The van der Waals surface area contributed by atoms with E-state index in [1.165, 1.54) is 44.5 Å². The van der Waals surface area contributed by atoms with Gasteiger partial charge in [-0.3, -0.25) is 9.97 Å². The van der Waals surface area contributed by atoms with Crippen LogP contribution in [0.4, 0.5) is 17.1 Å². The topological polar surface area (TPSA) is 29.0 Å². The largest absolute Gasteiger partial charge is 0.310 e. The predicted octanol–water partition coefficient (Wildman–Crippen LogP) is 16.2. The second-order valence-corrected chi connectivity index (χ2v) is 16.0. The Labute approximate surface area is 370 Å². The van der Waals surface area contributed by atoms with Crippen LogP contribution in [0.2, 0.25) is 0 Å². The summed E-state index contributed by atoms with van der Waals surface area (Å²) >= 11 is 0. The molecule has 0 aliphatic rings. The maximum Gasteiger partial charge on any atom is 0.0709 e. The van der Waals surface area contributed by atoms with E-state index in [1.807, 2.05) is 12.4 Å². The molecule has 2 heterocycles. The first-order chi connectivity index (χ1) is 31.1. The number of rotatable bonds is 10. The molecular formula is C60H45N3. The SMILES string of the molecule is Cc1cnc(-c2cccc(N(c3cccc(-c4cc(-c5ccc(-c6ccccc6)cc5)c(C)cn4)c3)c3ccccc3-c3ccccc3)c2)cc1-c1ccc(-c2ccccc2)cc1. The minimum absolute atomic E-state index is 0.919. The van der Waals surface area contributed by atoms with Crippen LogP contribution in [0.25, 0.3) is 78.1 Å². The summed E-state index contributed by atoms with van der Waals surface area (Å²) < 4.78 is 0. The van der Waals surface area contributed by atoms with Gasteiger partial charge in [-0.25, -0.2) is 0 Å². The zero-order valence-corrected chi connectivity index (χ0v) is 35.4. The molecule has 10 aromatic rings. The van der Waals surface area contributed by atoms with Crippen molar-refractivity contribution >= 4 is 17.1 Å². The Bertz CT molecular complexity index is 2980. The number of aromatic nitrogens is 2. The van der Waals surface area contributed by atoms with Gasteiger partial charge < -0.3 is 4.90 Å². The van der Waals surface area contributed by atoms with Gasteiger partial charge in [-0.05, 0) is 118 Å². The van der Waals surface area contributed by atoms with Crippen molar-refractivity contribution in [1.29, 1.82) is 0 Å². The van der Waals surface area contributed by atoms with E-state index in [2.05, 4.69) is 243 Å². The van der Waals surface area contributed by atoms with Crippen LogP contribution in [0.5, 0.6) is 0 Å². The number of anilines is 3. The van der Waals surface area contributed by atoms with E-state index in [4.69, 9.17) is 9.97 Å². The molecule has 0 atom stereocenters. The average molecular weight is 808 g/mol. The summed E-state index contributed by atoms with van der Waals surface area (Å²) in [6.07, 6.45) is 3.99. The van der Waals surface area contributed by atoms with Gasteiger partial charge in [0.2, 0.25) is 0 Å². The van der Waals surface area contributed by atoms with Crippen molar-refractivity contribution < 1.29 is 0 Å². The van der Waals surface area contributed by atoms with E-state index in [1.54, 1.807) is 0 Å². The third-order valence-corrected chi connectivity index (χ3v) is 11.8. The van der Waals surface area contributed by atoms with Crippen LogP contribution >= 0.6 is 0 Å². The summed E-state index contributed by atoms with van der Waals surface area (Å²) in [5.74, 6) is 0. The van der Waals surface area contributed by atoms with E-state index < -0.39 is 0 Å². The van der Waals surface area contributed by atoms with Crippen LogP contribution in [-0.4, -0.2) is 9.97 Å². The Morgan fingerprint density at radius 2 is 0.635 bits per heavy atom. The number of pyridine rings is 2. The number of benzene rings is 8. The third-order valence-electron chi connectivity index (χ3n) is 11.8. The smallest absolute Gasteiger partial charge is 0.0709 e. The van der Waals surface area contributed by atoms with Gasteiger partial charge in [-0.2, -0.15) is 0 Å². The highest BCUT2D eigenvalue weighted by Crippen LogP contribution is 2.43. The maximum absolute atomic E-state index is 5.00. The van der Waals surface area contributed by atoms with Crippen molar-refractivity contribution in [3.63, 3.8) is 0 Å². The molecular weight excluding hydrogens is 763 g/mol. The minimum atomic E-state index is 0.919. The molecule has 10 rings (SSSR count). The first-order valence-electron chi connectivity index (χ1n) is 21.5. The third kappa shape index (κ3) is 8.21. The molecule has 2 aromatic heterocycles. The number of nitrogens with zero attached hydrogens (tertiary/aromatic N) is 3. The van der Waals surface area contributed by atoms with E-state index in [-0.39, 0.29) is 0 Å². The molecule has 3 nitrogen and oxygen atoms in total. The van der Waals surface area contributed by atoms with Crippen molar-refractivity contribution in [3.05, 3.63) is 248 Å². The average Bonchev–Trinajstić information content (AvgIpc) is 3.36. The lowest BCUT2D eigenvalue weighted by molar-refractivity contribution is 1.25. The molecule has 0 aliphatic heterocycles. The molecule has 0 N–H and O–H groups in total. The molecule has 0 aliphatic carbocycles. The monoisotopic (exact) mass is 807 g/mol. The molecule has 3 heteroatoms. The van der Waals surface area contributed by atoms with E-state index in [0.29, 0.717) is 0 Å². The van der Waals surface area contributed by atoms with Crippen molar-refractivity contribution in [3.8, 4) is 78.1 Å². The van der Waals surface area contributed by atoms with Gasteiger partial charge in [0.25, 0.3) is 0 Å². The van der Waals surface area contributed by atoms with Gasteiger partial charge in [0, 0.05) is 40.5 Å². The molecule has 300 valence electrons. The summed E-state index contributed by atoms with van der Waals surface area (Å²) in [7, 11) is 0. The van der Waals surface area contributed by atoms with Gasteiger partial charge in [0.1, 0.15) is 0 Å². The van der Waals surface area contributed by atoms with E-state index in [9.17, 15) is 0 Å². The molecule has 63 heavy (non-hydrogen) atoms. The highest BCUT2D eigenvalue weighted by Gasteiger charge is 2.19. The first kappa shape index (κ1) is 39.0. The Balaban J connectivity index is 1.04. The lowest BCUT2D eigenvalue weighted by Crippen LogP contribution is -2.11. The molecule has 0 spiro atoms. The van der Waals surface area contributed by atoms with Crippen molar-refractivity contribution in [2.45, 2.75) is 13.8 Å². The summed E-state index contributed by atoms with van der Waals surface area (Å²) in [5.41, 5.74) is 21.1. The van der Waals surface area contributed by atoms with Crippen LogP contribution in [0.15, 0.2) is 237 Å². The minimum Gasteiger partial charge on any atom is -0.310 e. The highest BCUT2D eigenvalue weighted by molar-refractivity contribution is 5.90. The van der Waals surface area contributed by atoms with Crippen LogP contribution in [0.1, 0.15) is 11.1 Å². The lowest BCUT2D eigenvalue weighted by Gasteiger charge is -2.28. The second-order valence-electron chi connectivity index (χ2n) is 16.0. The van der Waals surface area contributed by atoms with Crippen LogP contribution in [0.3, 0.4) is 0 Å². The molecule has 0 saturated carbocycles. The normalized spacial score (nSPS) is 11.0. The molecule has 0 bridgehead atoms.